The highest BCUT2D eigenvalue weighted by Crippen LogP contribution is 2.21. The topological polar surface area (TPSA) is 44.4 Å². The normalized spacial score (nSPS) is 18.5. The summed E-state index contributed by atoms with van der Waals surface area (Å²) in [4.78, 5) is 14.4. The molecule has 4 heteroatoms. The van der Waals surface area contributed by atoms with Crippen LogP contribution in [0.25, 0.3) is 0 Å². The monoisotopic (exact) mass is 289 g/mol. The average molecular weight is 289 g/mol. The lowest BCUT2D eigenvalue weighted by molar-refractivity contribution is -0.117. The molecule has 1 aromatic rings. The number of amides is 1. The third-order valence-corrected chi connectivity index (χ3v) is 4.60. The number of likely N-dealkylation sites (tertiary alicyclic amines) is 1. The number of anilines is 1. The van der Waals surface area contributed by atoms with Gasteiger partial charge in [-0.1, -0.05) is 12.1 Å². The number of nitrogens with one attached hydrogen (secondary N) is 2. The number of nitrogens with zero attached hydrogens (tertiary/aromatic N) is 1. The molecule has 1 amide bonds. The maximum atomic E-state index is 12.2. The Hall–Kier alpha value is -1.39. The molecule has 0 bridgehead atoms. The van der Waals surface area contributed by atoms with Crippen LogP contribution in [0.1, 0.15) is 30.9 Å². The number of hydrogen-bond acceptors (Lipinski definition) is 3. The zero-order valence-corrected chi connectivity index (χ0v) is 13.6. The largest absolute Gasteiger partial charge is 0.325 e. The van der Waals surface area contributed by atoms with Gasteiger partial charge in [0.25, 0.3) is 0 Å². The van der Waals surface area contributed by atoms with Crippen molar-refractivity contribution in [3.63, 3.8) is 0 Å². The van der Waals surface area contributed by atoms with Gasteiger partial charge in [0, 0.05) is 24.3 Å². The van der Waals surface area contributed by atoms with E-state index in [2.05, 4.69) is 28.5 Å². The van der Waals surface area contributed by atoms with E-state index in [9.17, 15) is 4.79 Å². The summed E-state index contributed by atoms with van der Waals surface area (Å²) in [7, 11) is 2.02. The Morgan fingerprint density at radius 3 is 2.57 bits per heavy atom. The maximum absolute atomic E-state index is 12.2. The zero-order valence-electron chi connectivity index (χ0n) is 13.6. The van der Waals surface area contributed by atoms with Gasteiger partial charge in [0.2, 0.25) is 5.91 Å². The Morgan fingerprint density at radius 2 is 1.95 bits per heavy atom. The molecule has 0 radical (unpaired) electrons. The van der Waals surface area contributed by atoms with Gasteiger partial charge in [-0.15, -0.1) is 0 Å². The predicted molar refractivity (Wildman–Crippen MR) is 87.7 cm³/mol. The van der Waals surface area contributed by atoms with Crippen LogP contribution in [-0.2, 0) is 4.79 Å². The minimum Gasteiger partial charge on any atom is -0.325 e. The van der Waals surface area contributed by atoms with Crippen LogP contribution in [0.4, 0.5) is 5.69 Å². The molecule has 1 aliphatic rings. The first-order valence-corrected chi connectivity index (χ1v) is 7.70. The van der Waals surface area contributed by atoms with Gasteiger partial charge in [-0.25, -0.2) is 0 Å². The van der Waals surface area contributed by atoms with Crippen LogP contribution in [0.15, 0.2) is 18.2 Å². The first-order valence-electron chi connectivity index (χ1n) is 7.70. The molecule has 0 spiro atoms. The fraction of sp³-hybridized carbons (Fsp3) is 0.588. The third-order valence-electron chi connectivity index (χ3n) is 4.60. The highest BCUT2D eigenvalue weighted by Gasteiger charge is 2.28. The molecular weight excluding hydrogens is 262 g/mol. The lowest BCUT2D eigenvalue weighted by Gasteiger charge is -2.39. The number of hydrogen-bond donors (Lipinski definition) is 2. The molecule has 4 nitrogen and oxygen atoms in total. The summed E-state index contributed by atoms with van der Waals surface area (Å²) in [6.45, 7) is 8.73. The summed E-state index contributed by atoms with van der Waals surface area (Å²) < 4.78 is 0. The Kier molecular flexibility index (Phi) is 5.01. The molecule has 116 valence electrons. The Bertz CT molecular complexity index is 505. The second-order valence-electron chi connectivity index (χ2n) is 6.45. The second kappa shape index (κ2) is 6.58. The van der Waals surface area contributed by atoms with E-state index in [-0.39, 0.29) is 11.4 Å². The standard InChI is InChI=1S/C17H27N3O/c1-13-5-6-14(2)15(11-13)19-16(21)12-20-9-7-17(3,18-4)8-10-20/h5-6,11,18H,7-10,12H2,1-4H3,(H,19,21). The Balaban J connectivity index is 1.87. The van der Waals surface area contributed by atoms with Gasteiger partial charge < -0.3 is 10.6 Å². The van der Waals surface area contributed by atoms with E-state index in [0.717, 1.165) is 37.2 Å². The van der Waals surface area contributed by atoms with Crippen molar-refractivity contribution in [3.8, 4) is 0 Å². The van der Waals surface area contributed by atoms with Crippen molar-refractivity contribution in [2.24, 2.45) is 0 Å². The van der Waals surface area contributed by atoms with Gasteiger partial charge in [-0.05, 0) is 57.9 Å². The highest BCUT2D eigenvalue weighted by molar-refractivity contribution is 5.93. The first-order chi connectivity index (χ1) is 9.92. The molecule has 1 saturated heterocycles. The molecule has 0 aromatic heterocycles. The van der Waals surface area contributed by atoms with Crippen LogP contribution in [0.2, 0.25) is 0 Å². The van der Waals surface area contributed by atoms with Crippen LogP contribution >= 0.6 is 0 Å². The number of aryl methyl sites for hydroxylation is 2. The fourth-order valence-corrected chi connectivity index (χ4v) is 2.72. The van der Waals surface area contributed by atoms with E-state index in [4.69, 9.17) is 0 Å². The summed E-state index contributed by atoms with van der Waals surface area (Å²) in [5.74, 6) is 0.0803. The van der Waals surface area contributed by atoms with Crippen molar-refractivity contribution in [1.29, 1.82) is 0 Å². The zero-order chi connectivity index (χ0) is 15.5. The molecule has 21 heavy (non-hydrogen) atoms. The average Bonchev–Trinajstić information content (AvgIpc) is 2.46. The molecule has 0 saturated carbocycles. The molecule has 0 aliphatic carbocycles. The molecule has 1 fully saturated rings. The number of piperidine rings is 1. The van der Waals surface area contributed by atoms with Crippen molar-refractivity contribution < 1.29 is 4.79 Å². The smallest absolute Gasteiger partial charge is 0.238 e. The van der Waals surface area contributed by atoms with Crippen molar-refractivity contribution in [2.75, 3.05) is 32.0 Å². The number of benzene rings is 1. The molecule has 0 unspecified atom stereocenters. The van der Waals surface area contributed by atoms with Crippen molar-refractivity contribution in [1.82, 2.24) is 10.2 Å². The molecule has 1 aromatic carbocycles. The number of rotatable bonds is 4. The van der Waals surface area contributed by atoms with Crippen LogP contribution in [0, 0.1) is 13.8 Å². The summed E-state index contributed by atoms with van der Waals surface area (Å²) in [5.41, 5.74) is 3.42. The van der Waals surface area contributed by atoms with Crippen LogP contribution in [0.5, 0.6) is 0 Å². The van der Waals surface area contributed by atoms with E-state index < -0.39 is 0 Å². The van der Waals surface area contributed by atoms with Crippen molar-refractivity contribution >= 4 is 11.6 Å². The van der Waals surface area contributed by atoms with Crippen LogP contribution in [0.3, 0.4) is 0 Å². The van der Waals surface area contributed by atoms with Gasteiger partial charge in [0.15, 0.2) is 0 Å². The second-order valence-corrected chi connectivity index (χ2v) is 6.45. The summed E-state index contributed by atoms with van der Waals surface area (Å²) in [5, 5.41) is 6.42. The summed E-state index contributed by atoms with van der Waals surface area (Å²) in [6, 6.07) is 6.14. The minimum atomic E-state index is 0.0803. The van der Waals surface area contributed by atoms with E-state index in [1.54, 1.807) is 0 Å². The molecule has 1 aliphatic heterocycles. The lowest BCUT2D eigenvalue weighted by Crippen LogP contribution is -2.51. The van der Waals surface area contributed by atoms with Gasteiger partial charge in [0.1, 0.15) is 0 Å². The molecule has 0 atom stereocenters. The van der Waals surface area contributed by atoms with Crippen LogP contribution in [-0.4, -0.2) is 43.0 Å². The van der Waals surface area contributed by atoms with Gasteiger partial charge in [-0.3, -0.25) is 9.69 Å². The van der Waals surface area contributed by atoms with E-state index in [1.165, 1.54) is 5.56 Å². The number of carbonyl (C=O) groups is 1. The van der Waals surface area contributed by atoms with Gasteiger partial charge in [-0.2, -0.15) is 0 Å². The van der Waals surface area contributed by atoms with Crippen LogP contribution < -0.4 is 10.6 Å². The van der Waals surface area contributed by atoms with E-state index in [1.807, 2.05) is 33.0 Å². The third kappa shape index (κ3) is 4.29. The minimum absolute atomic E-state index is 0.0803. The fourth-order valence-electron chi connectivity index (χ4n) is 2.72. The summed E-state index contributed by atoms with van der Waals surface area (Å²) in [6.07, 6.45) is 2.17. The van der Waals surface area contributed by atoms with Gasteiger partial charge in [0.05, 0.1) is 6.54 Å². The molecule has 1 heterocycles. The quantitative estimate of drug-likeness (QED) is 0.894. The maximum Gasteiger partial charge on any atom is 0.238 e. The predicted octanol–water partition coefficient (Wildman–Crippen LogP) is 2.32. The van der Waals surface area contributed by atoms with E-state index in [0.29, 0.717) is 6.54 Å². The molecular formula is C17H27N3O. The first kappa shape index (κ1) is 16.0. The molecule has 2 rings (SSSR count). The number of carbonyl (C=O) groups excluding carboxylic acids is 1. The molecule has 2 N–H and O–H groups in total. The lowest BCUT2D eigenvalue weighted by atomic mass is 9.90. The van der Waals surface area contributed by atoms with Gasteiger partial charge >= 0.3 is 0 Å². The Labute approximate surface area is 127 Å². The van der Waals surface area contributed by atoms with Crippen molar-refractivity contribution in [3.05, 3.63) is 29.3 Å². The highest BCUT2D eigenvalue weighted by atomic mass is 16.2. The SMILES string of the molecule is CNC1(C)CCN(CC(=O)Nc2cc(C)ccc2C)CC1. The Morgan fingerprint density at radius 1 is 1.29 bits per heavy atom. The van der Waals surface area contributed by atoms with E-state index >= 15 is 0 Å². The van der Waals surface area contributed by atoms with Crippen molar-refractivity contribution in [2.45, 2.75) is 39.2 Å². The summed E-state index contributed by atoms with van der Waals surface area (Å²) >= 11 is 0.